The molecule has 1 unspecified atom stereocenters. The minimum Gasteiger partial charge on any atom is -0.383 e. The molecule has 0 fully saturated rings. The summed E-state index contributed by atoms with van der Waals surface area (Å²) in [4.78, 5) is 2.41. The first-order valence-electron chi connectivity index (χ1n) is 8.41. The maximum atomic E-state index is 4.44. The van der Waals surface area contributed by atoms with Crippen molar-refractivity contribution in [1.82, 2.24) is 4.90 Å². The van der Waals surface area contributed by atoms with Gasteiger partial charge in [-0.25, -0.2) is 5.01 Å². The first kappa shape index (κ1) is 15.0. The second-order valence-electron chi connectivity index (χ2n) is 6.33. The molecule has 122 valence electrons. The van der Waals surface area contributed by atoms with Crippen LogP contribution in [-0.2, 0) is 6.54 Å². The number of hydrazone groups is 1. The van der Waals surface area contributed by atoms with Gasteiger partial charge in [0.05, 0.1) is 11.7 Å². The van der Waals surface area contributed by atoms with E-state index in [9.17, 15) is 0 Å². The van der Waals surface area contributed by atoms with Crippen molar-refractivity contribution in [2.24, 2.45) is 5.10 Å². The number of hydrogen-bond donors (Lipinski definition) is 1. The molecule has 2 heterocycles. The van der Waals surface area contributed by atoms with Crippen molar-refractivity contribution in [3.63, 3.8) is 0 Å². The van der Waals surface area contributed by atoms with Gasteiger partial charge < -0.3 is 5.32 Å². The molecule has 2 aliphatic heterocycles. The lowest BCUT2D eigenvalue weighted by molar-refractivity contribution is 0.252. The van der Waals surface area contributed by atoms with E-state index in [-0.39, 0.29) is 0 Å². The smallest absolute Gasteiger partial charge is 0.0650 e. The zero-order chi connectivity index (χ0) is 16.4. The molecular formula is C20H22N4. The van der Waals surface area contributed by atoms with Gasteiger partial charge in [-0.2, -0.15) is 5.10 Å². The van der Waals surface area contributed by atoms with E-state index in [2.05, 4.69) is 77.0 Å². The van der Waals surface area contributed by atoms with Crippen LogP contribution in [0.2, 0.25) is 0 Å². The Morgan fingerprint density at radius 3 is 2.79 bits per heavy atom. The van der Waals surface area contributed by atoms with E-state index >= 15 is 0 Å². The molecule has 1 atom stereocenters. The predicted molar refractivity (Wildman–Crippen MR) is 100 cm³/mol. The number of nitrogens with one attached hydrogen (secondary N) is 1. The molecule has 0 saturated carbocycles. The number of rotatable bonds is 2. The Bertz CT molecular complexity index is 754. The maximum Gasteiger partial charge on any atom is 0.0650 e. The third-order valence-corrected chi connectivity index (χ3v) is 4.67. The predicted octanol–water partition coefficient (Wildman–Crippen LogP) is 3.99. The first-order valence-corrected chi connectivity index (χ1v) is 8.41. The topological polar surface area (TPSA) is 30.9 Å². The van der Waals surface area contributed by atoms with Gasteiger partial charge in [-0.15, -0.1) is 0 Å². The van der Waals surface area contributed by atoms with E-state index in [1.54, 1.807) is 0 Å². The van der Waals surface area contributed by atoms with Crippen LogP contribution in [0.25, 0.3) is 0 Å². The monoisotopic (exact) mass is 318 g/mol. The normalized spacial score (nSPS) is 20.4. The van der Waals surface area contributed by atoms with Gasteiger partial charge >= 0.3 is 0 Å². The summed E-state index contributed by atoms with van der Waals surface area (Å²) in [6.45, 7) is 1.83. The molecule has 0 bridgehead atoms. The molecule has 2 aliphatic rings. The molecule has 4 heteroatoms. The van der Waals surface area contributed by atoms with Crippen LogP contribution < -0.4 is 10.3 Å². The fraction of sp³-hybridized carbons (Fsp3) is 0.250. The Labute approximate surface area is 143 Å². The van der Waals surface area contributed by atoms with Crippen LogP contribution in [0.15, 0.2) is 65.9 Å². The van der Waals surface area contributed by atoms with Gasteiger partial charge in [0.1, 0.15) is 0 Å². The summed E-state index contributed by atoms with van der Waals surface area (Å²) in [5, 5.41) is 9.99. The van der Waals surface area contributed by atoms with Gasteiger partial charge in [0.15, 0.2) is 0 Å². The van der Waals surface area contributed by atoms with E-state index in [1.807, 2.05) is 17.4 Å². The third-order valence-electron chi connectivity index (χ3n) is 4.67. The van der Waals surface area contributed by atoms with Crippen LogP contribution in [0.3, 0.4) is 0 Å². The lowest BCUT2D eigenvalue weighted by atomic mass is 10.1. The average Bonchev–Trinajstić information content (AvgIpc) is 2.80. The number of nitrogens with zero attached hydrogens (tertiary/aromatic N) is 3. The summed E-state index contributed by atoms with van der Waals surface area (Å²) in [6.07, 6.45) is 6.99. The molecule has 2 aromatic rings. The van der Waals surface area contributed by atoms with Crippen LogP contribution in [0.4, 0.5) is 11.4 Å². The van der Waals surface area contributed by atoms with Crippen molar-refractivity contribution < 1.29 is 0 Å². The highest BCUT2D eigenvalue weighted by molar-refractivity contribution is 5.68. The molecule has 0 radical (unpaired) electrons. The molecule has 0 aromatic heterocycles. The molecule has 2 aromatic carbocycles. The molecule has 1 N–H and O–H groups in total. The average molecular weight is 318 g/mol. The highest BCUT2D eigenvalue weighted by Gasteiger charge is 2.22. The molecule has 4 nitrogen and oxygen atoms in total. The summed E-state index contributed by atoms with van der Waals surface area (Å²) in [6, 6.07) is 17.6. The van der Waals surface area contributed by atoms with Gasteiger partial charge in [0.2, 0.25) is 0 Å². The van der Waals surface area contributed by atoms with E-state index in [4.69, 9.17) is 0 Å². The summed E-state index contributed by atoms with van der Waals surface area (Å²) in [5.74, 6) is 0. The molecule has 0 aliphatic carbocycles. The van der Waals surface area contributed by atoms with Gasteiger partial charge in [-0.3, -0.25) is 4.90 Å². The number of anilines is 2. The fourth-order valence-corrected chi connectivity index (χ4v) is 3.36. The van der Waals surface area contributed by atoms with Gasteiger partial charge in [0, 0.05) is 37.6 Å². The van der Waals surface area contributed by atoms with E-state index < -0.39 is 0 Å². The van der Waals surface area contributed by atoms with Crippen molar-refractivity contribution >= 4 is 17.6 Å². The number of fused-ring (bicyclic) bond motifs is 1. The molecule has 0 spiro atoms. The van der Waals surface area contributed by atoms with Crippen molar-refractivity contribution in [3.8, 4) is 0 Å². The third kappa shape index (κ3) is 2.93. The van der Waals surface area contributed by atoms with Crippen LogP contribution in [0.5, 0.6) is 0 Å². The van der Waals surface area contributed by atoms with Crippen LogP contribution in [0, 0.1) is 0 Å². The second-order valence-corrected chi connectivity index (χ2v) is 6.33. The highest BCUT2D eigenvalue weighted by atomic mass is 15.4. The van der Waals surface area contributed by atoms with Crippen molar-refractivity contribution in [2.75, 3.05) is 23.9 Å². The molecule has 0 amide bonds. The van der Waals surface area contributed by atoms with Crippen LogP contribution >= 0.6 is 0 Å². The Morgan fingerprint density at radius 2 is 2.00 bits per heavy atom. The molecule has 4 rings (SSSR count). The lowest BCUT2D eigenvalue weighted by Gasteiger charge is -2.26. The van der Waals surface area contributed by atoms with Crippen LogP contribution in [-0.4, -0.2) is 24.7 Å². The molecule has 0 saturated heterocycles. The highest BCUT2D eigenvalue weighted by Crippen LogP contribution is 2.31. The zero-order valence-electron chi connectivity index (χ0n) is 13.9. The number of hydrogen-bond acceptors (Lipinski definition) is 4. The summed E-state index contributed by atoms with van der Waals surface area (Å²) in [5.41, 5.74) is 4.98. The molecular weight excluding hydrogens is 296 g/mol. The van der Waals surface area contributed by atoms with Crippen molar-refractivity contribution in [2.45, 2.75) is 19.0 Å². The van der Waals surface area contributed by atoms with E-state index in [0.29, 0.717) is 6.04 Å². The number of allylic oxidation sites excluding steroid dienone is 1. The zero-order valence-corrected chi connectivity index (χ0v) is 13.9. The summed E-state index contributed by atoms with van der Waals surface area (Å²) >= 11 is 0. The minimum absolute atomic E-state index is 0.370. The van der Waals surface area contributed by atoms with Gasteiger partial charge in [0.25, 0.3) is 0 Å². The van der Waals surface area contributed by atoms with Gasteiger partial charge in [-0.1, -0.05) is 36.4 Å². The van der Waals surface area contributed by atoms with Crippen LogP contribution in [0.1, 0.15) is 23.6 Å². The Kier molecular flexibility index (Phi) is 4.05. The van der Waals surface area contributed by atoms with Crippen molar-refractivity contribution in [3.05, 3.63) is 71.9 Å². The largest absolute Gasteiger partial charge is 0.383 e. The SMILES string of the molecule is CN1Cc2cc(N3C=CCC=N3)ccc2NCC1c1ccccc1. The van der Waals surface area contributed by atoms with E-state index in [0.717, 1.165) is 25.2 Å². The van der Waals surface area contributed by atoms with Gasteiger partial charge in [-0.05, 0) is 36.4 Å². The van der Waals surface area contributed by atoms with Crippen molar-refractivity contribution in [1.29, 1.82) is 0 Å². The number of likely N-dealkylation sites (N-methyl/N-ethyl adjacent to an activating group) is 1. The standard InChI is InChI=1S/C20H22N4/c1-23-15-17-13-18(24-12-6-5-11-22-24)9-10-19(17)21-14-20(23)16-7-3-2-4-8-16/h2-4,6-13,20-21H,5,14-15H2,1H3. The molecule has 24 heavy (non-hydrogen) atoms. The first-order chi connectivity index (χ1) is 11.8. The maximum absolute atomic E-state index is 4.44. The number of benzene rings is 2. The minimum atomic E-state index is 0.370. The lowest BCUT2D eigenvalue weighted by Crippen LogP contribution is -2.26. The second kappa shape index (κ2) is 6.49. The Balaban J connectivity index is 1.61. The quantitative estimate of drug-likeness (QED) is 0.908. The Hall–Kier alpha value is -2.59. The summed E-state index contributed by atoms with van der Waals surface area (Å²) in [7, 11) is 2.19. The fourth-order valence-electron chi connectivity index (χ4n) is 3.36. The summed E-state index contributed by atoms with van der Waals surface area (Å²) < 4.78 is 0. The van der Waals surface area contributed by atoms with E-state index in [1.165, 1.54) is 16.8 Å². The Morgan fingerprint density at radius 1 is 1.12 bits per heavy atom.